The van der Waals surface area contributed by atoms with E-state index in [2.05, 4.69) is 30.9 Å². The van der Waals surface area contributed by atoms with Crippen molar-refractivity contribution in [1.82, 2.24) is 19.7 Å². The number of carbonyl (C=O) groups excluding carboxylic acids is 1. The van der Waals surface area contributed by atoms with Gasteiger partial charge in [0.15, 0.2) is 0 Å². The summed E-state index contributed by atoms with van der Waals surface area (Å²) in [5, 5.41) is 5.40. The molecule has 0 bridgehead atoms. The van der Waals surface area contributed by atoms with Gasteiger partial charge in [-0.2, -0.15) is 5.10 Å². The average Bonchev–Trinajstić information content (AvgIpc) is 3.46. The number of carbonyl (C=O) groups is 1. The zero-order chi connectivity index (χ0) is 24.0. The van der Waals surface area contributed by atoms with E-state index >= 15 is 0 Å². The summed E-state index contributed by atoms with van der Waals surface area (Å²) in [7, 11) is 0. The number of pyridine rings is 1. The van der Waals surface area contributed by atoms with Gasteiger partial charge in [0.25, 0.3) is 0 Å². The number of fused-ring (bicyclic) bond motifs is 1. The van der Waals surface area contributed by atoms with Gasteiger partial charge in [-0.25, -0.2) is 4.39 Å². The molecule has 3 aromatic rings. The van der Waals surface area contributed by atoms with Gasteiger partial charge < -0.3 is 9.88 Å². The van der Waals surface area contributed by atoms with Gasteiger partial charge in [-0.05, 0) is 50.6 Å². The van der Waals surface area contributed by atoms with Crippen molar-refractivity contribution in [1.29, 1.82) is 0 Å². The number of rotatable bonds is 3. The van der Waals surface area contributed by atoms with Crippen molar-refractivity contribution < 1.29 is 9.18 Å². The summed E-state index contributed by atoms with van der Waals surface area (Å²) in [6.07, 6.45) is 2.41. The van der Waals surface area contributed by atoms with E-state index in [0.717, 1.165) is 33.1 Å². The van der Waals surface area contributed by atoms with Gasteiger partial charge in [-0.3, -0.25) is 19.3 Å². The van der Waals surface area contributed by atoms with E-state index in [9.17, 15) is 14.0 Å². The van der Waals surface area contributed by atoms with E-state index in [0.29, 0.717) is 25.3 Å². The quantitative estimate of drug-likeness (QED) is 0.623. The number of hydrogen-bond donors (Lipinski definition) is 1. The molecule has 0 radical (unpaired) electrons. The first-order valence-corrected chi connectivity index (χ1v) is 12.2. The lowest BCUT2D eigenvalue weighted by atomic mass is 10.0. The highest BCUT2D eigenvalue weighted by molar-refractivity contribution is 8.14. The minimum Gasteiger partial charge on any atom is -0.336 e. The fraction of sp³-hybridized carbons (Fsp3) is 0.360. The predicted molar refractivity (Wildman–Crippen MR) is 132 cm³/mol. The van der Waals surface area contributed by atoms with Crippen LogP contribution in [0.1, 0.15) is 37.6 Å². The Morgan fingerprint density at radius 2 is 1.94 bits per heavy atom. The van der Waals surface area contributed by atoms with Crippen LogP contribution in [0.4, 0.5) is 4.39 Å². The number of aliphatic imine (C=N–C) groups is 1. The highest BCUT2D eigenvalue weighted by Gasteiger charge is 2.33. The fourth-order valence-corrected chi connectivity index (χ4v) is 5.44. The Hall–Kier alpha value is -3.20. The summed E-state index contributed by atoms with van der Waals surface area (Å²) >= 11 is 1.55. The summed E-state index contributed by atoms with van der Waals surface area (Å²) in [4.78, 5) is 34.3. The number of halogens is 1. The van der Waals surface area contributed by atoms with Gasteiger partial charge in [0.2, 0.25) is 11.5 Å². The predicted octanol–water partition coefficient (Wildman–Crippen LogP) is 3.58. The van der Waals surface area contributed by atoms with Crippen LogP contribution >= 0.6 is 11.8 Å². The number of thioether (sulfide) groups is 1. The third kappa shape index (κ3) is 4.20. The number of H-pyrrole nitrogens is 1. The van der Waals surface area contributed by atoms with Crippen molar-refractivity contribution in [2.75, 3.05) is 12.3 Å². The molecule has 1 aromatic carbocycles. The van der Waals surface area contributed by atoms with Crippen LogP contribution in [-0.4, -0.2) is 49.0 Å². The topological polar surface area (TPSA) is 83.3 Å². The molecule has 0 fully saturated rings. The molecule has 9 heteroatoms. The number of aromatic nitrogens is 3. The Morgan fingerprint density at radius 1 is 1.18 bits per heavy atom. The largest absolute Gasteiger partial charge is 0.336 e. The molecule has 5 rings (SSSR count). The highest BCUT2D eigenvalue weighted by Crippen LogP contribution is 2.34. The van der Waals surface area contributed by atoms with E-state index in [1.807, 2.05) is 9.58 Å². The van der Waals surface area contributed by atoms with Crippen molar-refractivity contribution in [3.8, 4) is 11.3 Å². The summed E-state index contributed by atoms with van der Waals surface area (Å²) in [5.41, 5.74) is 4.03. The summed E-state index contributed by atoms with van der Waals surface area (Å²) in [6.45, 7) is 7.22. The normalized spacial score (nSPS) is 18.1. The Morgan fingerprint density at radius 3 is 2.68 bits per heavy atom. The molecule has 0 saturated heterocycles. The van der Waals surface area contributed by atoms with Crippen LogP contribution in [0.2, 0.25) is 0 Å². The second-order valence-corrected chi connectivity index (χ2v) is 10.6. The van der Waals surface area contributed by atoms with Crippen LogP contribution in [0, 0.1) is 5.82 Å². The summed E-state index contributed by atoms with van der Waals surface area (Å²) in [5.74, 6) is 0.260. The molecule has 0 saturated carbocycles. The van der Waals surface area contributed by atoms with Crippen LogP contribution < -0.4 is 5.56 Å². The minimum absolute atomic E-state index is 0.00843. The smallest absolute Gasteiger partial charge is 0.248 e. The van der Waals surface area contributed by atoms with Crippen molar-refractivity contribution >= 4 is 22.7 Å². The van der Waals surface area contributed by atoms with E-state index < -0.39 is 6.04 Å². The summed E-state index contributed by atoms with van der Waals surface area (Å²) < 4.78 is 15.5. The molecule has 2 aliphatic heterocycles. The first-order valence-electron chi connectivity index (χ1n) is 11.3. The lowest BCUT2D eigenvalue weighted by Crippen LogP contribution is -2.42. The van der Waals surface area contributed by atoms with Gasteiger partial charge in [0.1, 0.15) is 16.9 Å². The number of hydrogen-bond acceptors (Lipinski definition) is 5. The molecular weight excluding hydrogens is 453 g/mol. The Balaban J connectivity index is 1.44. The Kier molecular flexibility index (Phi) is 5.67. The lowest BCUT2D eigenvalue weighted by molar-refractivity contribution is -0.132. The minimum atomic E-state index is -0.469. The van der Waals surface area contributed by atoms with Crippen LogP contribution in [0.5, 0.6) is 0 Å². The van der Waals surface area contributed by atoms with Crippen molar-refractivity contribution in [2.45, 2.75) is 45.3 Å². The Labute approximate surface area is 201 Å². The summed E-state index contributed by atoms with van der Waals surface area (Å²) in [6, 6.07) is 9.20. The Bertz CT molecular complexity index is 1340. The van der Waals surface area contributed by atoms with Crippen LogP contribution in [0.25, 0.3) is 11.3 Å². The van der Waals surface area contributed by atoms with Gasteiger partial charge in [-0.1, -0.05) is 6.07 Å². The molecular formula is C25H26FN5O2S. The highest BCUT2D eigenvalue weighted by atomic mass is 32.2. The second-order valence-electron chi connectivity index (χ2n) is 9.59. The first kappa shape index (κ1) is 22.6. The molecule has 176 valence electrons. The van der Waals surface area contributed by atoms with E-state index in [4.69, 9.17) is 4.99 Å². The van der Waals surface area contributed by atoms with E-state index in [-0.39, 0.29) is 22.8 Å². The van der Waals surface area contributed by atoms with Crippen LogP contribution in [0.3, 0.4) is 0 Å². The molecule has 2 aliphatic rings. The molecule has 34 heavy (non-hydrogen) atoms. The third-order valence-corrected chi connectivity index (χ3v) is 7.17. The number of amides is 1. The molecule has 0 aliphatic carbocycles. The maximum Gasteiger partial charge on any atom is 0.248 e. The molecule has 1 atom stereocenters. The maximum atomic E-state index is 13.6. The first-order chi connectivity index (χ1) is 16.2. The zero-order valence-corrected chi connectivity index (χ0v) is 20.2. The van der Waals surface area contributed by atoms with E-state index in [1.165, 1.54) is 18.2 Å². The molecule has 4 heterocycles. The van der Waals surface area contributed by atoms with Gasteiger partial charge in [-0.15, -0.1) is 11.8 Å². The van der Waals surface area contributed by atoms with Crippen LogP contribution in [-0.2, 0) is 23.3 Å². The number of benzene rings is 1. The van der Waals surface area contributed by atoms with Gasteiger partial charge >= 0.3 is 0 Å². The second kappa shape index (κ2) is 8.54. The SMILES string of the molecule is CC(C)(C)n1ncc(C2=NC(C(=O)N3CCc4[nH]c(=O)ccc4C3)CS2)c1-c1ccc(F)cc1. The standard InChI is InChI=1S/C25H26FN5O2S/c1-25(2,3)31-22(15-4-7-17(26)8-5-15)18(12-27-31)23-29-20(14-34-23)24(33)30-11-10-19-16(13-30)6-9-21(32)28-19/h4-9,12,20H,10-11,13-14H2,1-3H3,(H,28,32). The number of nitrogens with zero attached hydrogens (tertiary/aromatic N) is 4. The fourth-order valence-electron chi connectivity index (χ4n) is 4.40. The molecule has 1 amide bonds. The molecule has 0 spiro atoms. The van der Waals surface area contributed by atoms with Crippen molar-refractivity contribution in [3.63, 3.8) is 0 Å². The lowest BCUT2D eigenvalue weighted by Gasteiger charge is -2.29. The zero-order valence-electron chi connectivity index (χ0n) is 19.3. The monoisotopic (exact) mass is 479 g/mol. The molecule has 1 unspecified atom stereocenters. The van der Waals surface area contributed by atoms with Crippen molar-refractivity contribution in [3.05, 3.63) is 75.6 Å². The number of nitrogens with one attached hydrogen (secondary N) is 1. The number of aromatic amines is 1. The van der Waals surface area contributed by atoms with Gasteiger partial charge in [0, 0.05) is 42.6 Å². The maximum absolute atomic E-state index is 13.6. The van der Waals surface area contributed by atoms with E-state index in [1.54, 1.807) is 36.2 Å². The third-order valence-electron chi connectivity index (χ3n) is 6.09. The van der Waals surface area contributed by atoms with Crippen molar-refractivity contribution in [2.24, 2.45) is 4.99 Å². The molecule has 2 aromatic heterocycles. The van der Waals surface area contributed by atoms with Gasteiger partial charge in [0.05, 0.1) is 23.0 Å². The molecule has 1 N–H and O–H groups in total. The molecule has 7 nitrogen and oxygen atoms in total. The van der Waals surface area contributed by atoms with Crippen LogP contribution in [0.15, 0.2) is 52.4 Å². The average molecular weight is 480 g/mol.